The maximum Gasteiger partial charge on any atom is 0.294 e. The molecule has 154 valence electrons. The fourth-order valence-electron chi connectivity index (χ4n) is 3.24. The fourth-order valence-corrected chi connectivity index (χ4v) is 3.75. The van der Waals surface area contributed by atoms with Crippen LogP contribution in [0.25, 0.3) is 0 Å². The summed E-state index contributed by atoms with van der Waals surface area (Å²) in [6, 6.07) is 13.7. The number of rotatable bonds is 13. The topological polar surface area (TPSA) is 63.6 Å². The summed E-state index contributed by atoms with van der Waals surface area (Å²) in [4.78, 5) is -0.171. The van der Waals surface area contributed by atoms with Crippen molar-refractivity contribution in [2.24, 2.45) is 0 Å². The molecule has 0 spiro atoms. The number of hydrogen-bond acceptors (Lipinski definition) is 3. The predicted molar refractivity (Wildman–Crippen MR) is 114 cm³/mol. The predicted octanol–water partition coefficient (Wildman–Crippen LogP) is 6.80. The molecule has 28 heavy (non-hydrogen) atoms. The Kier molecular flexibility index (Phi) is 9.51. The van der Waals surface area contributed by atoms with Crippen LogP contribution in [0.3, 0.4) is 0 Å². The van der Waals surface area contributed by atoms with E-state index in [2.05, 4.69) is 13.0 Å². The molecule has 5 heteroatoms. The molecule has 2 aromatic rings. The smallest absolute Gasteiger partial charge is 0.294 e. The summed E-state index contributed by atoms with van der Waals surface area (Å²) in [6.07, 6.45) is 12.8. The van der Waals surface area contributed by atoms with E-state index in [0.717, 1.165) is 12.8 Å². The van der Waals surface area contributed by atoms with Crippen LogP contribution in [-0.2, 0) is 16.5 Å². The lowest BCUT2D eigenvalue weighted by Crippen LogP contribution is -1.98. The third-order valence-corrected chi connectivity index (χ3v) is 5.66. The molecule has 0 atom stereocenters. The van der Waals surface area contributed by atoms with Crippen LogP contribution < -0.4 is 4.74 Å². The van der Waals surface area contributed by atoms with Crippen molar-refractivity contribution < 1.29 is 17.7 Å². The zero-order chi connectivity index (χ0) is 20.2. The van der Waals surface area contributed by atoms with E-state index in [1.165, 1.54) is 69.1 Å². The molecule has 2 rings (SSSR count). The first-order valence-electron chi connectivity index (χ1n) is 10.3. The molecule has 4 nitrogen and oxygen atoms in total. The highest BCUT2D eigenvalue weighted by atomic mass is 32.2. The first-order chi connectivity index (χ1) is 13.5. The second-order valence-electron chi connectivity index (χ2n) is 7.28. The Morgan fingerprint density at radius 2 is 1.36 bits per heavy atom. The lowest BCUT2D eigenvalue weighted by atomic mass is 10.0. The fraction of sp³-hybridized carbons (Fsp3) is 0.478. The van der Waals surface area contributed by atoms with Crippen LogP contribution in [0.2, 0.25) is 0 Å². The number of aryl methyl sites for hydroxylation is 1. The van der Waals surface area contributed by atoms with Crippen molar-refractivity contribution in [2.75, 3.05) is 0 Å². The minimum Gasteiger partial charge on any atom is -0.457 e. The van der Waals surface area contributed by atoms with Crippen molar-refractivity contribution in [2.45, 2.75) is 76.0 Å². The van der Waals surface area contributed by atoms with Gasteiger partial charge in [-0.15, -0.1) is 0 Å². The van der Waals surface area contributed by atoms with E-state index >= 15 is 0 Å². The van der Waals surface area contributed by atoms with Crippen LogP contribution >= 0.6 is 0 Å². The largest absolute Gasteiger partial charge is 0.457 e. The van der Waals surface area contributed by atoms with Crippen molar-refractivity contribution >= 4 is 10.1 Å². The van der Waals surface area contributed by atoms with Gasteiger partial charge in [0.25, 0.3) is 10.1 Å². The first-order valence-corrected chi connectivity index (χ1v) is 11.8. The van der Waals surface area contributed by atoms with Crippen LogP contribution in [0.4, 0.5) is 0 Å². The summed E-state index contributed by atoms with van der Waals surface area (Å²) in [5.41, 5.74) is 1.21. The van der Waals surface area contributed by atoms with Crippen LogP contribution in [-0.4, -0.2) is 13.0 Å². The first kappa shape index (κ1) is 22.4. The average molecular weight is 405 g/mol. The SMILES string of the molecule is CCCCCCCCCCCc1cccc(Oc2cccc(S(=O)(=O)O)c2)c1. The minimum absolute atomic E-state index is 0.171. The van der Waals surface area contributed by atoms with Crippen LogP contribution in [0.5, 0.6) is 11.5 Å². The Labute approximate surface area is 169 Å². The normalized spacial score (nSPS) is 11.5. The van der Waals surface area contributed by atoms with E-state index in [4.69, 9.17) is 9.29 Å². The van der Waals surface area contributed by atoms with Crippen molar-refractivity contribution in [3.8, 4) is 11.5 Å². The summed E-state index contributed by atoms with van der Waals surface area (Å²) in [5, 5.41) is 0. The van der Waals surface area contributed by atoms with Crippen LogP contribution in [0.15, 0.2) is 53.4 Å². The second kappa shape index (κ2) is 11.9. The Hall–Kier alpha value is -1.85. The maximum atomic E-state index is 11.3. The van der Waals surface area contributed by atoms with Gasteiger partial charge < -0.3 is 4.74 Å². The molecule has 0 bridgehead atoms. The van der Waals surface area contributed by atoms with Gasteiger partial charge in [-0.3, -0.25) is 4.55 Å². The molecule has 0 aliphatic carbocycles. The van der Waals surface area contributed by atoms with Gasteiger partial charge in [-0.25, -0.2) is 0 Å². The molecule has 0 aliphatic heterocycles. The lowest BCUT2D eigenvalue weighted by molar-refractivity contribution is 0.471. The quantitative estimate of drug-likeness (QED) is 0.294. The number of unbranched alkanes of at least 4 members (excludes halogenated alkanes) is 8. The highest BCUT2D eigenvalue weighted by molar-refractivity contribution is 7.85. The molecule has 0 aliphatic rings. The van der Waals surface area contributed by atoms with Gasteiger partial charge in [-0.2, -0.15) is 8.42 Å². The molecule has 0 unspecified atom stereocenters. The lowest BCUT2D eigenvalue weighted by Gasteiger charge is -2.09. The third kappa shape index (κ3) is 8.44. The molecule has 0 amide bonds. The Morgan fingerprint density at radius 1 is 0.786 bits per heavy atom. The Balaban J connectivity index is 1.76. The Morgan fingerprint density at radius 3 is 2.00 bits per heavy atom. The molecule has 0 saturated heterocycles. The van der Waals surface area contributed by atoms with Gasteiger partial charge in [0.05, 0.1) is 4.90 Å². The summed E-state index contributed by atoms with van der Waals surface area (Å²) in [7, 11) is -4.23. The molecular formula is C23H32O4S. The molecule has 0 fully saturated rings. The van der Waals surface area contributed by atoms with Gasteiger partial charge >= 0.3 is 0 Å². The number of ether oxygens (including phenoxy) is 1. The standard InChI is InChI=1S/C23H32O4S/c1-2-3-4-5-6-7-8-9-10-13-20-14-11-15-21(18-20)27-22-16-12-17-23(19-22)28(24,25)26/h11-12,14-19H,2-10,13H2,1H3,(H,24,25,26). The van der Waals surface area contributed by atoms with Gasteiger partial charge in [0.1, 0.15) is 11.5 Å². The van der Waals surface area contributed by atoms with Gasteiger partial charge in [0.15, 0.2) is 0 Å². The van der Waals surface area contributed by atoms with Crippen molar-refractivity contribution in [1.29, 1.82) is 0 Å². The highest BCUT2D eigenvalue weighted by Crippen LogP contribution is 2.25. The molecule has 0 saturated carbocycles. The molecule has 0 radical (unpaired) electrons. The van der Waals surface area contributed by atoms with E-state index in [9.17, 15) is 8.42 Å². The van der Waals surface area contributed by atoms with E-state index in [1.54, 1.807) is 12.1 Å². The molecule has 0 heterocycles. The molecule has 1 N–H and O–H groups in total. The van der Waals surface area contributed by atoms with E-state index in [0.29, 0.717) is 11.5 Å². The van der Waals surface area contributed by atoms with Crippen molar-refractivity contribution in [1.82, 2.24) is 0 Å². The zero-order valence-electron chi connectivity index (χ0n) is 16.8. The van der Waals surface area contributed by atoms with E-state index in [1.807, 2.05) is 18.2 Å². The van der Waals surface area contributed by atoms with Crippen LogP contribution in [0.1, 0.15) is 70.3 Å². The number of hydrogen-bond donors (Lipinski definition) is 1. The second-order valence-corrected chi connectivity index (χ2v) is 8.70. The van der Waals surface area contributed by atoms with Gasteiger partial charge in [-0.05, 0) is 42.7 Å². The summed E-state index contributed by atoms with van der Waals surface area (Å²) in [5.74, 6) is 1.05. The van der Waals surface area contributed by atoms with Gasteiger partial charge in [0.2, 0.25) is 0 Å². The summed E-state index contributed by atoms with van der Waals surface area (Å²) in [6.45, 7) is 2.25. The number of benzene rings is 2. The van der Waals surface area contributed by atoms with Gasteiger partial charge in [-0.1, -0.05) is 76.5 Å². The molecule has 2 aromatic carbocycles. The third-order valence-electron chi connectivity index (χ3n) is 4.81. The molecular weight excluding hydrogens is 372 g/mol. The Bertz CT molecular complexity index is 815. The van der Waals surface area contributed by atoms with Gasteiger partial charge in [0, 0.05) is 6.07 Å². The minimum atomic E-state index is -4.23. The monoisotopic (exact) mass is 404 g/mol. The van der Waals surface area contributed by atoms with Crippen LogP contribution in [0, 0.1) is 0 Å². The molecule has 0 aromatic heterocycles. The van der Waals surface area contributed by atoms with Crippen molar-refractivity contribution in [3.05, 3.63) is 54.1 Å². The zero-order valence-corrected chi connectivity index (χ0v) is 17.6. The maximum absolute atomic E-state index is 11.3. The van der Waals surface area contributed by atoms with E-state index in [-0.39, 0.29) is 4.90 Å². The average Bonchev–Trinajstić information content (AvgIpc) is 2.67. The summed E-state index contributed by atoms with van der Waals surface area (Å²) >= 11 is 0. The highest BCUT2D eigenvalue weighted by Gasteiger charge is 2.10. The summed E-state index contributed by atoms with van der Waals surface area (Å²) < 4.78 is 37.4. The van der Waals surface area contributed by atoms with E-state index < -0.39 is 10.1 Å². The van der Waals surface area contributed by atoms with Crippen molar-refractivity contribution in [3.63, 3.8) is 0 Å².